The number of thiophene rings is 1. The number of nitrogens with one attached hydrogen (secondary N) is 1. The van der Waals surface area contributed by atoms with Gasteiger partial charge in [-0.2, -0.15) is 0 Å². The first kappa shape index (κ1) is 18.0. The molecule has 2 N–H and O–H groups in total. The molecule has 28 heavy (non-hydrogen) atoms. The van der Waals surface area contributed by atoms with Gasteiger partial charge in [0.25, 0.3) is 0 Å². The zero-order chi connectivity index (χ0) is 19.5. The summed E-state index contributed by atoms with van der Waals surface area (Å²) in [5.41, 5.74) is 2.10. The average molecular weight is 391 g/mol. The summed E-state index contributed by atoms with van der Waals surface area (Å²) in [5, 5.41) is 15.0. The molecule has 4 aromatic rings. The van der Waals surface area contributed by atoms with Crippen LogP contribution in [-0.2, 0) is 11.2 Å². The van der Waals surface area contributed by atoms with Crippen LogP contribution in [0, 0.1) is 0 Å². The van der Waals surface area contributed by atoms with Crippen molar-refractivity contribution in [1.29, 1.82) is 0 Å². The molecule has 0 saturated carbocycles. The van der Waals surface area contributed by atoms with Gasteiger partial charge in [-0.3, -0.25) is 4.79 Å². The van der Waals surface area contributed by atoms with Gasteiger partial charge >= 0.3 is 5.97 Å². The number of hydrogen-bond acceptors (Lipinski definition) is 4. The molecule has 0 aliphatic heterocycles. The minimum atomic E-state index is -1.10. The normalized spacial score (nSPS) is 10.9. The van der Waals surface area contributed by atoms with Gasteiger partial charge in [0.05, 0.1) is 10.6 Å². The predicted octanol–water partition coefficient (Wildman–Crippen LogP) is 5.43. The van der Waals surface area contributed by atoms with E-state index in [2.05, 4.69) is 5.32 Å². The summed E-state index contributed by atoms with van der Waals surface area (Å²) in [4.78, 5) is 24.7. The smallest absolute Gasteiger partial charge is 0.339 e. The highest BCUT2D eigenvalue weighted by Crippen LogP contribution is 2.38. The van der Waals surface area contributed by atoms with Crippen molar-refractivity contribution in [2.75, 3.05) is 5.32 Å². The Morgan fingerprint density at radius 3 is 2.54 bits per heavy atom. The van der Waals surface area contributed by atoms with Crippen molar-refractivity contribution >= 4 is 39.9 Å². The predicted molar refractivity (Wildman–Crippen MR) is 110 cm³/mol. The third kappa shape index (κ3) is 3.68. The van der Waals surface area contributed by atoms with Crippen molar-refractivity contribution in [3.63, 3.8) is 0 Å². The van der Waals surface area contributed by atoms with E-state index in [0.717, 1.165) is 10.9 Å². The highest BCUT2D eigenvalue weighted by molar-refractivity contribution is 7.14. The van der Waals surface area contributed by atoms with E-state index in [9.17, 15) is 14.7 Å². The van der Waals surface area contributed by atoms with Crippen LogP contribution in [0.2, 0.25) is 0 Å². The van der Waals surface area contributed by atoms with E-state index in [0.29, 0.717) is 28.3 Å². The topological polar surface area (TPSA) is 79.5 Å². The van der Waals surface area contributed by atoms with Crippen molar-refractivity contribution in [1.82, 2.24) is 0 Å². The number of carbonyl (C=O) groups is 2. The number of hydrogen-bond donors (Lipinski definition) is 2. The van der Waals surface area contributed by atoms with Gasteiger partial charge in [0, 0.05) is 17.2 Å². The molecule has 1 amide bonds. The summed E-state index contributed by atoms with van der Waals surface area (Å²) in [6, 6.07) is 19.0. The van der Waals surface area contributed by atoms with Crippen LogP contribution in [0.1, 0.15) is 22.3 Å². The maximum absolute atomic E-state index is 12.3. The first-order chi connectivity index (χ1) is 13.6. The molecule has 0 spiro atoms. The molecule has 2 heterocycles. The maximum atomic E-state index is 12.3. The van der Waals surface area contributed by atoms with Crippen LogP contribution in [0.4, 0.5) is 5.69 Å². The van der Waals surface area contributed by atoms with E-state index < -0.39 is 5.97 Å². The molecule has 5 nitrogen and oxygen atoms in total. The van der Waals surface area contributed by atoms with Crippen molar-refractivity contribution in [3.8, 4) is 10.6 Å². The van der Waals surface area contributed by atoms with Crippen LogP contribution in [-0.4, -0.2) is 17.0 Å². The maximum Gasteiger partial charge on any atom is 0.339 e. The second-order valence-corrected chi connectivity index (χ2v) is 7.22. The van der Waals surface area contributed by atoms with Crippen LogP contribution in [0.3, 0.4) is 0 Å². The zero-order valence-electron chi connectivity index (χ0n) is 14.8. The standard InChI is InChI=1S/C22H17NO4S/c24-19(11-10-14-6-2-1-3-7-14)23-16-13-28-21(20(16)22(25)26)18-12-15-8-4-5-9-17(15)27-18/h1-9,12-13H,10-11H2,(H,23,24)(H,25,26). The molecule has 4 rings (SSSR count). The third-order valence-corrected chi connectivity index (χ3v) is 5.41. The van der Waals surface area contributed by atoms with E-state index in [4.69, 9.17) is 4.42 Å². The Morgan fingerprint density at radius 1 is 1.04 bits per heavy atom. The second kappa shape index (κ2) is 7.70. The van der Waals surface area contributed by atoms with E-state index in [1.165, 1.54) is 11.3 Å². The Bertz CT molecular complexity index is 1110. The van der Waals surface area contributed by atoms with Crippen molar-refractivity contribution in [2.45, 2.75) is 12.8 Å². The Labute approximate surface area is 165 Å². The summed E-state index contributed by atoms with van der Waals surface area (Å²) in [5.74, 6) is -0.844. The summed E-state index contributed by atoms with van der Waals surface area (Å²) in [6.07, 6.45) is 0.870. The van der Waals surface area contributed by atoms with Crippen molar-refractivity contribution in [3.05, 3.63) is 77.2 Å². The summed E-state index contributed by atoms with van der Waals surface area (Å²) in [7, 11) is 0. The molecule has 0 unspecified atom stereocenters. The van der Waals surface area contributed by atoms with Gasteiger partial charge in [-0.05, 0) is 24.1 Å². The number of aromatic carboxylic acids is 1. The lowest BCUT2D eigenvalue weighted by molar-refractivity contribution is -0.116. The molecule has 140 valence electrons. The van der Waals surface area contributed by atoms with E-state index in [-0.39, 0.29) is 17.9 Å². The molecule has 6 heteroatoms. The molecule has 0 atom stereocenters. The number of carbonyl (C=O) groups excluding carboxylic acids is 1. The van der Waals surface area contributed by atoms with Gasteiger partial charge in [-0.25, -0.2) is 4.79 Å². The molecular weight excluding hydrogens is 374 g/mol. The lowest BCUT2D eigenvalue weighted by Gasteiger charge is -2.06. The van der Waals surface area contributed by atoms with Gasteiger partial charge in [0.2, 0.25) is 5.91 Å². The number of furan rings is 1. The molecule has 2 aromatic carbocycles. The first-order valence-electron chi connectivity index (χ1n) is 8.79. The molecule has 0 aliphatic rings. The minimum Gasteiger partial charge on any atom is -0.478 e. The summed E-state index contributed by atoms with van der Waals surface area (Å²) in [6.45, 7) is 0. The van der Waals surface area contributed by atoms with Crippen LogP contribution in [0.15, 0.2) is 70.5 Å². The van der Waals surface area contributed by atoms with Crippen LogP contribution in [0.5, 0.6) is 0 Å². The molecule has 0 fully saturated rings. The monoisotopic (exact) mass is 391 g/mol. The first-order valence-corrected chi connectivity index (χ1v) is 9.67. The molecule has 0 saturated heterocycles. The van der Waals surface area contributed by atoms with Gasteiger partial charge in [0.15, 0.2) is 0 Å². The SMILES string of the molecule is O=C(CCc1ccccc1)Nc1csc(-c2cc3ccccc3o2)c1C(=O)O. The largest absolute Gasteiger partial charge is 0.478 e. The Morgan fingerprint density at radius 2 is 1.79 bits per heavy atom. The number of carboxylic acid groups (broad SMARTS) is 1. The van der Waals surface area contributed by atoms with E-state index in [1.807, 2.05) is 60.7 Å². The fourth-order valence-corrected chi connectivity index (χ4v) is 4.00. The Balaban J connectivity index is 1.56. The van der Waals surface area contributed by atoms with E-state index in [1.54, 1.807) is 5.38 Å². The third-order valence-electron chi connectivity index (χ3n) is 4.41. The minimum absolute atomic E-state index is 0.0529. The number of fused-ring (bicyclic) bond motifs is 1. The fraction of sp³-hybridized carbons (Fsp3) is 0.0909. The van der Waals surface area contributed by atoms with Crippen LogP contribution in [0.25, 0.3) is 21.6 Å². The summed E-state index contributed by atoms with van der Waals surface area (Å²) >= 11 is 1.24. The van der Waals surface area contributed by atoms with Crippen molar-refractivity contribution in [2.24, 2.45) is 0 Å². The molecule has 0 radical (unpaired) electrons. The lowest BCUT2D eigenvalue weighted by atomic mass is 10.1. The molecular formula is C22H17NO4S. The average Bonchev–Trinajstić information content (AvgIpc) is 3.31. The number of amides is 1. The van der Waals surface area contributed by atoms with Crippen molar-refractivity contribution < 1.29 is 19.1 Å². The second-order valence-electron chi connectivity index (χ2n) is 6.34. The molecule has 0 aliphatic carbocycles. The summed E-state index contributed by atoms with van der Waals surface area (Å²) < 4.78 is 5.80. The van der Waals surface area contributed by atoms with Crippen LogP contribution < -0.4 is 5.32 Å². The zero-order valence-corrected chi connectivity index (χ0v) is 15.7. The van der Waals surface area contributed by atoms with Crippen LogP contribution >= 0.6 is 11.3 Å². The number of para-hydroxylation sites is 1. The number of benzene rings is 2. The Kier molecular flexibility index (Phi) is 4.95. The van der Waals surface area contributed by atoms with Gasteiger partial charge < -0.3 is 14.8 Å². The van der Waals surface area contributed by atoms with Gasteiger partial charge in [-0.1, -0.05) is 48.5 Å². The Hall–Kier alpha value is -3.38. The highest BCUT2D eigenvalue weighted by atomic mass is 32.1. The number of aryl methyl sites for hydroxylation is 1. The van der Waals surface area contributed by atoms with Gasteiger partial charge in [-0.15, -0.1) is 11.3 Å². The fourth-order valence-electron chi connectivity index (χ4n) is 3.05. The lowest BCUT2D eigenvalue weighted by Crippen LogP contribution is -2.14. The number of carboxylic acids is 1. The molecule has 0 bridgehead atoms. The molecule has 2 aromatic heterocycles. The number of anilines is 1. The highest BCUT2D eigenvalue weighted by Gasteiger charge is 2.23. The van der Waals surface area contributed by atoms with Gasteiger partial charge in [0.1, 0.15) is 16.9 Å². The van der Waals surface area contributed by atoms with E-state index >= 15 is 0 Å². The number of rotatable bonds is 6. The quantitative estimate of drug-likeness (QED) is 0.459.